The minimum atomic E-state index is -1.04. The van der Waals surface area contributed by atoms with E-state index in [2.05, 4.69) is 5.32 Å². The maximum atomic E-state index is 11.9. The quantitative estimate of drug-likeness (QED) is 0.554. The molecule has 0 bridgehead atoms. The van der Waals surface area contributed by atoms with E-state index in [1.54, 1.807) is 0 Å². The van der Waals surface area contributed by atoms with Gasteiger partial charge in [-0.2, -0.15) is 0 Å². The smallest absolute Gasteiger partial charge is 0.303 e. The van der Waals surface area contributed by atoms with Crippen molar-refractivity contribution in [3.63, 3.8) is 0 Å². The van der Waals surface area contributed by atoms with Gasteiger partial charge in [0.15, 0.2) is 0 Å². The highest BCUT2D eigenvalue weighted by molar-refractivity contribution is 5.99. The second-order valence-corrected chi connectivity index (χ2v) is 4.31. The lowest BCUT2D eigenvalue weighted by molar-refractivity contribution is -0.137. The van der Waals surface area contributed by atoms with Crippen LogP contribution in [0.4, 0.5) is 5.69 Å². The zero-order valence-electron chi connectivity index (χ0n) is 11.5. The Morgan fingerprint density at radius 3 is 2.57 bits per heavy atom. The second-order valence-electron chi connectivity index (χ2n) is 4.31. The Bertz CT molecular complexity index is 559. The van der Waals surface area contributed by atoms with Gasteiger partial charge in [-0.15, -0.1) is 0 Å². The van der Waals surface area contributed by atoms with Crippen molar-refractivity contribution in [3.8, 4) is 5.75 Å². The highest BCUT2D eigenvalue weighted by atomic mass is 16.5. The average Bonchev–Trinajstić information content (AvgIpc) is 2.44. The number of hydrogen-bond acceptors (Lipinski definition) is 5. The number of carboxylic acid groups (broad SMARTS) is 1. The van der Waals surface area contributed by atoms with Crippen molar-refractivity contribution in [1.29, 1.82) is 0 Å². The number of benzene rings is 1. The van der Waals surface area contributed by atoms with Crippen LogP contribution in [0.3, 0.4) is 0 Å². The number of carboxylic acids is 1. The third-order valence-corrected chi connectivity index (χ3v) is 2.75. The summed E-state index contributed by atoms with van der Waals surface area (Å²) in [6.07, 6.45) is -0.216. The SMILES string of the molecule is COc1ccc(C(N)=O)cc1NC(=O)C(N)CCC(=O)O. The molecule has 0 fully saturated rings. The highest BCUT2D eigenvalue weighted by Crippen LogP contribution is 2.25. The van der Waals surface area contributed by atoms with E-state index < -0.39 is 23.8 Å². The number of nitrogens with one attached hydrogen (secondary N) is 1. The monoisotopic (exact) mass is 295 g/mol. The number of ether oxygens (including phenoxy) is 1. The van der Waals surface area contributed by atoms with E-state index in [4.69, 9.17) is 21.3 Å². The molecule has 0 aliphatic carbocycles. The molecule has 0 heterocycles. The molecule has 1 aromatic rings. The maximum Gasteiger partial charge on any atom is 0.303 e. The van der Waals surface area contributed by atoms with Gasteiger partial charge in [-0.05, 0) is 24.6 Å². The van der Waals surface area contributed by atoms with Gasteiger partial charge in [0.25, 0.3) is 0 Å². The summed E-state index contributed by atoms with van der Waals surface area (Å²) in [4.78, 5) is 33.4. The van der Waals surface area contributed by atoms with Gasteiger partial charge < -0.3 is 26.6 Å². The number of carbonyl (C=O) groups excluding carboxylic acids is 2. The Balaban J connectivity index is 2.85. The van der Waals surface area contributed by atoms with Crippen LogP contribution in [-0.2, 0) is 9.59 Å². The molecular weight excluding hydrogens is 278 g/mol. The third-order valence-electron chi connectivity index (χ3n) is 2.75. The average molecular weight is 295 g/mol. The van der Waals surface area contributed by atoms with Crippen LogP contribution in [0.5, 0.6) is 5.75 Å². The first kappa shape index (κ1) is 16.4. The molecule has 1 aromatic carbocycles. The van der Waals surface area contributed by atoms with E-state index in [9.17, 15) is 14.4 Å². The van der Waals surface area contributed by atoms with Crippen LogP contribution in [0.15, 0.2) is 18.2 Å². The van der Waals surface area contributed by atoms with E-state index >= 15 is 0 Å². The first-order chi connectivity index (χ1) is 9.85. The van der Waals surface area contributed by atoms with Gasteiger partial charge in [-0.1, -0.05) is 0 Å². The number of primary amides is 1. The molecule has 21 heavy (non-hydrogen) atoms. The van der Waals surface area contributed by atoms with Gasteiger partial charge in [0.2, 0.25) is 11.8 Å². The Kier molecular flexibility index (Phi) is 5.67. The van der Waals surface area contributed by atoms with Crippen LogP contribution in [-0.4, -0.2) is 36.0 Å². The van der Waals surface area contributed by atoms with Gasteiger partial charge in [-0.3, -0.25) is 14.4 Å². The molecule has 114 valence electrons. The number of aliphatic carboxylic acids is 1. The lowest BCUT2D eigenvalue weighted by Crippen LogP contribution is -2.36. The number of amides is 2. The summed E-state index contributed by atoms with van der Waals surface area (Å²) in [5.74, 6) is -1.93. The van der Waals surface area contributed by atoms with Crippen LogP contribution in [0.2, 0.25) is 0 Å². The molecule has 1 atom stereocenters. The van der Waals surface area contributed by atoms with Crippen molar-refractivity contribution < 1.29 is 24.2 Å². The third kappa shape index (κ3) is 4.77. The summed E-state index contributed by atoms with van der Waals surface area (Å²) in [5, 5.41) is 11.0. The highest BCUT2D eigenvalue weighted by Gasteiger charge is 2.17. The lowest BCUT2D eigenvalue weighted by Gasteiger charge is -2.14. The van der Waals surface area contributed by atoms with Gasteiger partial charge in [0, 0.05) is 12.0 Å². The van der Waals surface area contributed by atoms with Gasteiger partial charge in [0.1, 0.15) is 5.75 Å². The number of carbonyl (C=O) groups is 3. The fraction of sp³-hybridized carbons (Fsp3) is 0.308. The van der Waals surface area contributed by atoms with Gasteiger partial charge in [-0.25, -0.2) is 0 Å². The molecule has 8 heteroatoms. The molecule has 0 aromatic heterocycles. The molecular formula is C13H17N3O5. The summed E-state index contributed by atoms with van der Waals surface area (Å²) in [6.45, 7) is 0. The van der Waals surface area contributed by atoms with Crippen molar-refractivity contribution in [2.75, 3.05) is 12.4 Å². The summed E-state index contributed by atoms with van der Waals surface area (Å²) in [6, 6.07) is 3.32. The summed E-state index contributed by atoms with van der Waals surface area (Å²) in [7, 11) is 1.40. The first-order valence-electron chi connectivity index (χ1n) is 6.11. The first-order valence-corrected chi connectivity index (χ1v) is 6.11. The molecule has 0 spiro atoms. The normalized spacial score (nSPS) is 11.5. The number of anilines is 1. The minimum absolute atomic E-state index is 0.001000. The molecule has 1 rings (SSSR count). The van der Waals surface area contributed by atoms with Crippen molar-refractivity contribution in [2.45, 2.75) is 18.9 Å². The Labute approximate surface area is 121 Å². The number of hydrogen-bond donors (Lipinski definition) is 4. The van der Waals surface area contributed by atoms with Crippen LogP contribution >= 0.6 is 0 Å². The molecule has 1 unspecified atom stereocenters. The van der Waals surface area contributed by atoms with Crippen molar-refractivity contribution in [1.82, 2.24) is 0 Å². The number of methoxy groups -OCH3 is 1. The number of rotatable bonds is 7. The van der Waals surface area contributed by atoms with Crippen molar-refractivity contribution in [2.24, 2.45) is 11.5 Å². The molecule has 0 saturated carbocycles. The molecule has 0 aliphatic rings. The van der Waals surface area contributed by atoms with E-state index in [0.29, 0.717) is 5.75 Å². The molecule has 0 saturated heterocycles. The van der Waals surface area contributed by atoms with Crippen molar-refractivity contribution >= 4 is 23.5 Å². The molecule has 6 N–H and O–H groups in total. The lowest BCUT2D eigenvalue weighted by atomic mass is 10.1. The largest absolute Gasteiger partial charge is 0.495 e. The molecule has 0 radical (unpaired) electrons. The van der Waals surface area contributed by atoms with Gasteiger partial charge >= 0.3 is 5.97 Å². The predicted octanol–water partition coefficient (Wildman–Crippen LogP) is -0.0753. The van der Waals surface area contributed by atoms with E-state index in [-0.39, 0.29) is 24.1 Å². The zero-order chi connectivity index (χ0) is 16.0. The zero-order valence-corrected chi connectivity index (χ0v) is 11.5. The maximum absolute atomic E-state index is 11.9. The molecule has 2 amide bonds. The van der Waals surface area contributed by atoms with E-state index in [0.717, 1.165) is 0 Å². The number of nitrogens with two attached hydrogens (primary N) is 2. The van der Waals surface area contributed by atoms with Crippen LogP contribution in [0.1, 0.15) is 23.2 Å². The minimum Gasteiger partial charge on any atom is -0.495 e. The standard InChI is InChI=1S/C13H17N3O5/c1-21-10-4-2-7(12(15)19)6-9(10)16-13(20)8(14)3-5-11(17)18/h2,4,6,8H,3,5,14H2,1H3,(H2,15,19)(H,16,20)(H,17,18). The summed E-state index contributed by atoms with van der Waals surface area (Å²) < 4.78 is 5.06. The predicted molar refractivity (Wildman–Crippen MR) is 75.0 cm³/mol. The van der Waals surface area contributed by atoms with Gasteiger partial charge in [0.05, 0.1) is 18.8 Å². The summed E-state index contributed by atoms with van der Waals surface area (Å²) >= 11 is 0. The molecule has 8 nitrogen and oxygen atoms in total. The van der Waals surface area contributed by atoms with E-state index in [1.807, 2.05) is 0 Å². The van der Waals surface area contributed by atoms with Crippen LogP contribution in [0.25, 0.3) is 0 Å². The summed E-state index contributed by atoms with van der Waals surface area (Å²) in [5.41, 5.74) is 11.2. The molecule has 0 aliphatic heterocycles. The van der Waals surface area contributed by atoms with Crippen molar-refractivity contribution in [3.05, 3.63) is 23.8 Å². The fourth-order valence-electron chi connectivity index (χ4n) is 1.59. The Hall–Kier alpha value is -2.61. The second kappa shape index (κ2) is 7.25. The van der Waals surface area contributed by atoms with E-state index in [1.165, 1.54) is 25.3 Å². The topological polar surface area (TPSA) is 145 Å². The van der Waals surface area contributed by atoms with Crippen LogP contribution < -0.4 is 21.5 Å². The Morgan fingerprint density at radius 2 is 2.05 bits per heavy atom. The van der Waals surface area contributed by atoms with Crippen LogP contribution in [0, 0.1) is 0 Å². The Morgan fingerprint density at radius 1 is 1.38 bits per heavy atom. The fourth-order valence-corrected chi connectivity index (χ4v) is 1.59.